The molecule has 0 atom stereocenters. The lowest BCUT2D eigenvalue weighted by Crippen LogP contribution is -2.00. The molecule has 1 aromatic carbocycles. The maximum Gasteiger partial charge on any atom is 0.0349 e. The van der Waals surface area contributed by atoms with Crippen molar-refractivity contribution >= 4 is 11.8 Å². The van der Waals surface area contributed by atoms with Gasteiger partial charge in [-0.15, -0.1) is 0 Å². The van der Waals surface area contributed by atoms with Crippen LogP contribution < -0.4 is 5.73 Å². The Balaban J connectivity index is 3.35. The Morgan fingerprint density at radius 1 is 1.23 bits per heavy atom. The van der Waals surface area contributed by atoms with Gasteiger partial charge < -0.3 is 5.73 Å². The van der Waals surface area contributed by atoms with Crippen LogP contribution >= 0.6 is 0 Å². The third kappa shape index (κ3) is 1.74. The summed E-state index contributed by atoms with van der Waals surface area (Å²) in [5.74, 6) is 0. The molecule has 0 unspecified atom stereocenters. The molecule has 0 aliphatic carbocycles. The van der Waals surface area contributed by atoms with Crippen LogP contribution in [0.2, 0.25) is 0 Å². The average molecular weight is 175 g/mol. The highest BCUT2D eigenvalue weighted by molar-refractivity contribution is 5.62. The number of hydrogen-bond donors (Lipinski definition) is 1. The van der Waals surface area contributed by atoms with Gasteiger partial charge in [-0.1, -0.05) is 32.6 Å². The largest absolute Gasteiger partial charge is 0.398 e. The predicted octanol–water partition coefficient (Wildman–Crippen LogP) is 3.04. The number of hydrogen-bond acceptors (Lipinski definition) is 1. The highest BCUT2D eigenvalue weighted by atomic mass is 14.6. The minimum absolute atomic E-state index is 0.907. The standard InChI is InChI=1S/C12H17N/c1-4-9-7-8-12(13)11(6-3)10(9)5-2/h4,7-8H,1,5-6,13H2,2-3H3. The summed E-state index contributed by atoms with van der Waals surface area (Å²) < 4.78 is 0. The first kappa shape index (κ1) is 9.85. The van der Waals surface area contributed by atoms with Gasteiger partial charge >= 0.3 is 0 Å². The summed E-state index contributed by atoms with van der Waals surface area (Å²) >= 11 is 0. The van der Waals surface area contributed by atoms with Crippen molar-refractivity contribution in [2.24, 2.45) is 0 Å². The maximum absolute atomic E-state index is 5.90. The summed E-state index contributed by atoms with van der Waals surface area (Å²) in [6, 6.07) is 4.01. The second kappa shape index (κ2) is 4.13. The zero-order valence-corrected chi connectivity index (χ0v) is 8.43. The molecule has 0 fully saturated rings. The summed E-state index contributed by atoms with van der Waals surface area (Å²) in [4.78, 5) is 0. The van der Waals surface area contributed by atoms with Crippen molar-refractivity contribution in [1.82, 2.24) is 0 Å². The molecule has 0 radical (unpaired) electrons. The lowest BCUT2D eigenvalue weighted by Gasteiger charge is -2.12. The van der Waals surface area contributed by atoms with Gasteiger partial charge in [0.2, 0.25) is 0 Å². The molecule has 0 aromatic heterocycles. The molecule has 0 saturated carbocycles. The number of nitrogens with two attached hydrogens (primary N) is 1. The van der Waals surface area contributed by atoms with E-state index < -0.39 is 0 Å². The van der Waals surface area contributed by atoms with E-state index in [1.165, 1.54) is 16.7 Å². The lowest BCUT2D eigenvalue weighted by atomic mass is 9.95. The summed E-state index contributed by atoms with van der Waals surface area (Å²) in [6.45, 7) is 8.09. The van der Waals surface area contributed by atoms with E-state index in [-0.39, 0.29) is 0 Å². The van der Waals surface area contributed by atoms with Crippen molar-refractivity contribution < 1.29 is 0 Å². The topological polar surface area (TPSA) is 26.0 Å². The molecule has 1 rings (SSSR count). The van der Waals surface area contributed by atoms with E-state index in [2.05, 4.69) is 20.4 Å². The number of nitrogen functional groups attached to an aromatic ring is 1. The first-order valence-electron chi connectivity index (χ1n) is 4.77. The third-order valence-electron chi connectivity index (χ3n) is 2.43. The Morgan fingerprint density at radius 2 is 1.85 bits per heavy atom. The average Bonchev–Trinajstić information content (AvgIpc) is 2.17. The summed E-state index contributed by atoms with van der Waals surface area (Å²) in [6.07, 6.45) is 3.92. The molecule has 2 N–H and O–H groups in total. The van der Waals surface area contributed by atoms with Crippen molar-refractivity contribution in [1.29, 1.82) is 0 Å². The van der Waals surface area contributed by atoms with Gasteiger partial charge in [-0.05, 0) is 35.6 Å². The van der Waals surface area contributed by atoms with Crippen molar-refractivity contribution in [2.45, 2.75) is 26.7 Å². The maximum atomic E-state index is 5.90. The van der Waals surface area contributed by atoms with E-state index in [1.54, 1.807) is 0 Å². The zero-order chi connectivity index (χ0) is 9.84. The van der Waals surface area contributed by atoms with Crippen molar-refractivity contribution in [2.75, 3.05) is 5.73 Å². The molecular weight excluding hydrogens is 158 g/mol. The molecule has 0 amide bonds. The molecule has 1 nitrogen and oxygen atoms in total. The van der Waals surface area contributed by atoms with Crippen LogP contribution in [0.5, 0.6) is 0 Å². The van der Waals surface area contributed by atoms with Crippen LogP contribution in [0.25, 0.3) is 6.08 Å². The molecule has 1 heteroatoms. The molecule has 0 aliphatic heterocycles. The van der Waals surface area contributed by atoms with Crippen LogP contribution in [0.3, 0.4) is 0 Å². The SMILES string of the molecule is C=Cc1ccc(N)c(CC)c1CC. The molecule has 0 spiro atoms. The van der Waals surface area contributed by atoms with E-state index in [4.69, 9.17) is 5.73 Å². The highest BCUT2D eigenvalue weighted by Gasteiger charge is 2.06. The van der Waals surface area contributed by atoms with E-state index >= 15 is 0 Å². The Bertz CT molecular complexity index is 313. The quantitative estimate of drug-likeness (QED) is 0.702. The molecule has 0 saturated heterocycles. The Labute approximate surface area is 80.3 Å². The first-order valence-corrected chi connectivity index (χ1v) is 4.77. The fourth-order valence-electron chi connectivity index (χ4n) is 1.76. The molecular formula is C12H17N. The van der Waals surface area contributed by atoms with E-state index in [9.17, 15) is 0 Å². The van der Waals surface area contributed by atoms with Gasteiger partial charge in [0.1, 0.15) is 0 Å². The van der Waals surface area contributed by atoms with Gasteiger partial charge in [0, 0.05) is 5.69 Å². The Kier molecular flexibility index (Phi) is 3.13. The first-order chi connectivity index (χ1) is 6.24. The lowest BCUT2D eigenvalue weighted by molar-refractivity contribution is 1.04. The second-order valence-corrected chi connectivity index (χ2v) is 3.11. The third-order valence-corrected chi connectivity index (χ3v) is 2.43. The summed E-state index contributed by atoms with van der Waals surface area (Å²) in [5.41, 5.74) is 10.6. The van der Waals surface area contributed by atoms with Crippen LogP contribution in [0, 0.1) is 0 Å². The fourth-order valence-corrected chi connectivity index (χ4v) is 1.76. The minimum atomic E-state index is 0.907. The fraction of sp³-hybridized carbons (Fsp3) is 0.333. The molecule has 0 bridgehead atoms. The smallest absolute Gasteiger partial charge is 0.0349 e. The molecule has 70 valence electrons. The van der Waals surface area contributed by atoms with Crippen molar-refractivity contribution in [3.8, 4) is 0 Å². The minimum Gasteiger partial charge on any atom is -0.398 e. The summed E-state index contributed by atoms with van der Waals surface area (Å²) in [7, 11) is 0. The normalized spacial score (nSPS) is 10.0. The molecule has 1 aromatic rings. The van der Waals surface area contributed by atoms with Gasteiger partial charge in [0.25, 0.3) is 0 Å². The van der Waals surface area contributed by atoms with Gasteiger partial charge in [-0.25, -0.2) is 0 Å². The summed E-state index contributed by atoms with van der Waals surface area (Å²) in [5, 5.41) is 0. The van der Waals surface area contributed by atoms with Crippen LogP contribution in [0.15, 0.2) is 18.7 Å². The van der Waals surface area contributed by atoms with E-state index in [1.807, 2.05) is 18.2 Å². The predicted molar refractivity (Wildman–Crippen MR) is 59.7 cm³/mol. The van der Waals surface area contributed by atoms with E-state index in [0.717, 1.165) is 18.5 Å². The Morgan fingerprint density at radius 3 is 2.31 bits per heavy atom. The number of benzene rings is 1. The van der Waals surface area contributed by atoms with Crippen LogP contribution in [0.1, 0.15) is 30.5 Å². The van der Waals surface area contributed by atoms with Gasteiger partial charge in [0.15, 0.2) is 0 Å². The monoisotopic (exact) mass is 175 g/mol. The van der Waals surface area contributed by atoms with Gasteiger partial charge in [-0.3, -0.25) is 0 Å². The van der Waals surface area contributed by atoms with Crippen LogP contribution in [0.4, 0.5) is 5.69 Å². The van der Waals surface area contributed by atoms with Gasteiger partial charge in [-0.2, -0.15) is 0 Å². The Hall–Kier alpha value is -1.24. The number of anilines is 1. The molecule has 13 heavy (non-hydrogen) atoms. The van der Waals surface area contributed by atoms with Gasteiger partial charge in [0.05, 0.1) is 0 Å². The number of rotatable bonds is 3. The molecule has 0 aliphatic rings. The van der Waals surface area contributed by atoms with E-state index in [0.29, 0.717) is 0 Å². The highest BCUT2D eigenvalue weighted by Crippen LogP contribution is 2.23. The van der Waals surface area contributed by atoms with Crippen molar-refractivity contribution in [3.05, 3.63) is 35.4 Å². The second-order valence-electron chi connectivity index (χ2n) is 3.11. The van der Waals surface area contributed by atoms with Crippen LogP contribution in [-0.2, 0) is 12.8 Å². The van der Waals surface area contributed by atoms with Crippen LogP contribution in [-0.4, -0.2) is 0 Å². The van der Waals surface area contributed by atoms with Crippen molar-refractivity contribution in [3.63, 3.8) is 0 Å². The molecule has 0 heterocycles. The zero-order valence-electron chi connectivity index (χ0n) is 8.43.